The van der Waals surface area contributed by atoms with E-state index < -0.39 is 6.10 Å². The Morgan fingerprint density at radius 1 is 1.07 bits per heavy atom. The standard InChI is InChI=1S/C20H30N4O4/c1-15-18(23(2)20(27)24(3)19(15)26)22-12-8-7-11-21-13-16(25)14-28-17-9-5-4-6-10-17/h4-6,9-10,16,21-22,25H,7-8,11-14H2,1-3H3. The molecular weight excluding hydrogens is 360 g/mol. The highest BCUT2D eigenvalue weighted by Gasteiger charge is 2.11. The van der Waals surface area contributed by atoms with Crippen LogP contribution in [0, 0.1) is 6.92 Å². The van der Waals surface area contributed by atoms with Gasteiger partial charge in [0, 0.05) is 27.2 Å². The Morgan fingerprint density at radius 2 is 1.75 bits per heavy atom. The second kappa shape index (κ2) is 10.7. The third-order valence-corrected chi connectivity index (χ3v) is 4.53. The van der Waals surface area contributed by atoms with E-state index in [1.54, 1.807) is 14.0 Å². The number of para-hydroxylation sites is 1. The Hall–Kier alpha value is -2.58. The first-order valence-electron chi connectivity index (χ1n) is 9.49. The van der Waals surface area contributed by atoms with Crippen molar-refractivity contribution in [1.29, 1.82) is 0 Å². The minimum atomic E-state index is -0.573. The van der Waals surface area contributed by atoms with Crippen LogP contribution in [0.2, 0.25) is 0 Å². The summed E-state index contributed by atoms with van der Waals surface area (Å²) in [5.41, 5.74) is -0.0882. The molecule has 28 heavy (non-hydrogen) atoms. The van der Waals surface area contributed by atoms with Crippen LogP contribution in [0.5, 0.6) is 5.75 Å². The Balaban J connectivity index is 1.62. The molecule has 2 aromatic rings. The molecule has 0 fully saturated rings. The number of anilines is 1. The van der Waals surface area contributed by atoms with Crippen LogP contribution < -0.4 is 26.6 Å². The fraction of sp³-hybridized carbons (Fsp3) is 0.500. The fourth-order valence-corrected chi connectivity index (χ4v) is 2.88. The minimum Gasteiger partial charge on any atom is -0.491 e. The molecule has 0 aliphatic heterocycles. The summed E-state index contributed by atoms with van der Waals surface area (Å²) in [6.45, 7) is 3.84. The van der Waals surface area contributed by atoms with Gasteiger partial charge >= 0.3 is 5.69 Å². The molecule has 1 heterocycles. The zero-order valence-corrected chi connectivity index (χ0v) is 16.8. The van der Waals surface area contributed by atoms with E-state index in [0.717, 1.165) is 29.7 Å². The molecule has 0 bridgehead atoms. The van der Waals surface area contributed by atoms with Crippen LogP contribution >= 0.6 is 0 Å². The first-order valence-corrected chi connectivity index (χ1v) is 9.49. The normalized spacial score (nSPS) is 12.0. The van der Waals surface area contributed by atoms with Crippen molar-refractivity contribution in [2.75, 3.05) is 31.6 Å². The molecule has 0 saturated heterocycles. The van der Waals surface area contributed by atoms with Gasteiger partial charge in [-0.3, -0.25) is 13.9 Å². The topological polar surface area (TPSA) is 97.5 Å². The van der Waals surface area contributed by atoms with Crippen LogP contribution in [0.3, 0.4) is 0 Å². The number of aliphatic hydroxyl groups excluding tert-OH is 1. The Labute approximate surface area is 164 Å². The average molecular weight is 390 g/mol. The van der Waals surface area contributed by atoms with Gasteiger partial charge in [-0.05, 0) is 38.4 Å². The Kier molecular flexibility index (Phi) is 8.28. The van der Waals surface area contributed by atoms with E-state index in [1.165, 1.54) is 11.6 Å². The number of hydrogen-bond donors (Lipinski definition) is 3. The highest BCUT2D eigenvalue weighted by Crippen LogP contribution is 2.08. The van der Waals surface area contributed by atoms with E-state index in [-0.39, 0.29) is 17.9 Å². The van der Waals surface area contributed by atoms with Gasteiger partial charge in [0.1, 0.15) is 24.3 Å². The molecule has 1 unspecified atom stereocenters. The lowest BCUT2D eigenvalue weighted by Crippen LogP contribution is -2.39. The van der Waals surface area contributed by atoms with Crippen molar-refractivity contribution in [2.45, 2.75) is 25.9 Å². The molecule has 1 aromatic heterocycles. The summed E-state index contributed by atoms with van der Waals surface area (Å²) in [6, 6.07) is 9.40. The molecule has 3 N–H and O–H groups in total. The third-order valence-electron chi connectivity index (χ3n) is 4.53. The Bertz CT molecular complexity index is 824. The van der Waals surface area contributed by atoms with Crippen molar-refractivity contribution in [3.8, 4) is 5.75 Å². The quantitative estimate of drug-likeness (QED) is 0.487. The maximum atomic E-state index is 12.0. The number of nitrogens with zero attached hydrogens (tertiary/aromatic N) is 2. The molecular formula is C20H30N4O4. The minimum absolute atomic E-state index is 0.245. The molecule has 1 atom stereocenters. The van der Waals surface area contributed by atoms with Crippen LogP contribution in [0.4, 0.5) is 5.82 Å². The first kappa shape index (κ1) is 21.7. The van der Waals surface area contributed by atoms with Crippen molar-refractivity contribution >= 4 is 5.82 Å². The third kappa shape index (κ3) is 5.97. The van der Waals surface area contributed by atoms with E-state index in [1.807, 2.05) is 30.3 Å². The van der Waals surface area contributed by atoms with E-state index >= 15 is 0 Å². The van der Waals surface area contributed by atoms with Gasteiger partial charge in [0.05, 0.1) is 5.56 Å². The van der Waals surface area contributed by atoms with Crippen LogP contribution in [0.1, 0.15) is 18.4 Å². The van der Waals surface area contributed by atoms with Crippen molar-refractivity contribution < 1.29 is 9.84 Å². The van der Waals surface area contributed by atoms with E-state index in [2.05, 4.69) is 10.6 Å². The molecule has 1 aromatic carbocycles. The molecule has 8 nitrogen and oxygen atoms in total. The van der Waals surface area contributed by atoms with Crippen molar-refractivity contribution in [3.63, 3.8) is 0 Å². The molecule has 0 amide bonds. The predicted octanol–water partition coefficient (Wildman–Crippen LogP) is 0.614. The number of nitrogens with one attached hydrogen (secondary N) is 2. The van der Waals surface area contributed by atoms with Crippen LogP contribution in [0.15, 0.2) is 39.9 Å². The maximum Gasteiger partial charge on any atom is 0.332 e. The van der Waals surface area contributed by atoms with Gasteiger partial charge in [-0.2, -0.15) is 0 Å². The first-order chi connectivity index (χ1) is 13.4. The molecule has 0 radical (unpaired) electrons. The number of ether oxygens (including phenoxy) is 1. The van der Waals surface area contributed by atoms with E-state index in [0.29, 0.717) is 24.5 Å². The lowest BCUT2D eigenvalue weighted by atomic mass is 10.2. The van der Waals surface area contributed by atoms with Crippen molar-refractivity contribution in [2.24, 2.45) is 14.1 Å². The van der Waals surface area contributed by atoms with Gasteiger partial charge < -0.3 is 20.5 Å². The summed E-state index contributed by atoms with van der Waals surface area (Å²) >= 11 is 0. The summed E-state index contributed by atoms with van der Waals surface area (Å²) in [5, 5.41) is 16.3. The van der Waals surface area contributed by atoms with Gasteiger partial charge in [-0.25, -0.2) is 4.79 Å². The molecule has 0 aliphatic rings. The number of aliphatic hydroxyl groups is 1. The highest BCUT2D eigenvalue weighted by atomic mass is 16.5. The second-order valence-corrected chi connectivity index (χ2v) is 6.80. The largest absolute Gasteiger partial charge is 0.491 e. The lowest BCUT2D eigenvalue weighted by molar-refractivity contribution is 0.106. The molecule has 2 rings (SSSR count). The van der Waals surface area contributed by atoms with Gasteiger partial charge in [-0.1, -0.05) is 18.2 Å². The van der Waals surface area contributed by atoms with Crippen LogP contribution in [-0.2, 0) is 14.1 Å². The van der Waals surface area contributed by atoms with Crippen LogP contribution in [-0.4, -0.2) is 46.6 Å². The number of rotatable bonds is 11. The molecule has 8 heteroatoms. The summed E-state index contributed by atoms with van der Waals surface area (Å²) in [6.07, 6.45) is 1.19. The molecule has 0 saturated carbocycles. The monoisotopic (exact) mass is 390 g/mol. The van der Waals surface area contributed by atoms with Gasteiger partial charge in [0.2, 0.25) is 0 Å². The molecule has 154 valence electrons. The van der Waals surface area contributed by atoms with E-state index in [9.17, 15) is 14.7 Å². The number of hydrogen-bond acceptors (Lipinski definition) is 6. The molecule has 0 aliphatic carbocycles. The highest BCUT2D eigenvalue weighted by molar-refractivity contribution is 5.42. The van der Waals surface area contributed by atoms with Crippen molar-refractivity contribution in [1.82, 2.24) is 14.5 Å². The summed E-state index contributed by atoms with van der Waals surface area (Å²) in [4.78, 5) is 24.0. The number of aromatic nitrogens is 2. The Morgan fingerprint density at radius 3 is 2.46 bits per heavy atom. The summed E-state index contributed by atoms with van der Waals surface area (Å²) < 4.78 is 8.07. The zero-order valence-electron chi connectivity index (χ0n) is 16.8. The van der Waals surface area contributed by atoms with Gasteiger partial charge in [0.15, 0.2) is 0 Å². The van der Waals surface area contributed by atoms with Gasteiger partial charge in [-0.15, -0.1) is 0 Å². The lowest BCUT2D eigenvalue weighted by Gasteiger charge is -2.15. The second-order valence-electron chi connectivity index (χ2n) is 6.80. The predicted molar refractivity (Wildman–Crippen MR) is 110 cm³/mol. The number of benzene rings is 1. The van der Waals surface area contributed by atoms with Crippen LogP contribution in [0.25, 0.3) is 0 Å². The average Bonchev–Trinajstić information content (AvgIpc) is 2.71. The van der Waals surface area contributed by atoms with Gasteiger partial charge in [0.25, 0.3) is 5.56 Å². The molecule has 0 spiro atoms. The summed E-state index contributed by atoms with van der Waals surface area (Å²) in [7, 11) is 3.13. The number of unbranched alkanes of at least 4 members (excludes halogenated alkanes) is 1. The smallest absolute Gasteiger partial charge is 0.332 e. The summed E-state index contributed by atoms with van der Waals surface area (Å²) in [5.74, 6) is 1.31. The van der Waals surface area contributed by atoms with E-state index in [4.69, 9.17) is 4.74 Å². The zero-order chi connectivity index (χ0) is 20.5. The fourth-order valence-electron chi connectivity index (χ4n) is 2.88. The maximum absolute atomic E-state index is 12.0. The van der Waals surface area contributed by atoms with Crippen molar-refractivity contribution in [3.05, 3.63) is 56.7 Å². The SMILES string of the molecule is Cc1c(NCCCCNCC(O)COc2ccccc2)n(C)c(=O)n(C)c1=O.